The number of likely N-dealkylation sites (N-methyl/N-ethyl adjacent to an activating group) is 1. The van der Waals surface area contributed by atoms with Crippen LogP contribution >= 0.6 is 27.5 Å². The lowest BCUT2D eigenvalue weighted by atomic mass is 10.1. The number of anilines is 1. The van der Waals surface area contributed by atoms with Gasteiger partial charge in [0.15, 0.2) is 0 Å². The minimum atomic E-state index is -0.267. The quantitative estimate of drug-likeness (QED) is 0.537. The van der Waals surface area contributed by atoms with Crippen molar-refractivity contribution in [3.63, 3.8) is 0 Å². The van der Waals surface area contributed by atoms with Gasteiger partial charge in [0.1, 0.15) is 0 Å². The highest BCUT2D eigenvalue weighted by Gasteiger charge is 2.22. The molecule has 0 unspecified atom stereocenters. The molecule has 2 amide bonds. The first kappa shape index (κ1) is 22.1. The molecule has 3 aromatic rings. The van der Waals surface area contributed by atoms with Gasteiger partial charge in [-0.2, -0.15) is 5.10 Å². The molecule has 0 saturated heterocycles. The summed E-state index contributed by atoms with van der Waals surface area (Å²) < 4.78 is 2.65. The van der Waals surface area contributed by atoms with Crippen LogP contribution in [-0.2, 0) is 11.2 Å². The standard InChI is InChI=1S/C22H22BrClN4O2/c1-4-20-18(12-25-28(20)17-7-5-6-16(24)11-17)22(30)27(3)13-21(29)26-19-9-8-15(23)10-14(19)2/h5-12H,4,13H2,1-3H3,(H,26,29). The van der Waals surface area contributed by atoms with E-state index in [1.54, 1.807) is 23.9 Å². The molecule has 0 fully saturated rings. The van der Waals surface area contributed by atoms with Crippen molar-refractivity contribution < 1.29 is 9.59 Å². The highest BCUT2D eigenvalue weighted by Crippen LogP contribution is 2.21. The molecule has 30 heavy (non-hydrogen) atoms. The highest BCUT2D eigenvalue weighted by molar-refractivity contribution is 9.10. The molecular weight excluding hydrogens is 468 g/mol. The lowest BCUT2D eigenvalue weighted by Gasteiger charge is -2.18. The van der Waals surface area contributed by atoms with E-state index >= 15 is 0 Å². The Balaban J connectivity index is 1.75. The summed E-state index contributed by atoms with van der Waals surface area (Å²) in [6.07, 6.45) is 2.14. The molecule has 0 bridgehead atoms. The first-order chi connectivity index (χ1) is 14.3. The average molecular weight is 490 g/mol. The van der Waals surface area contributed by atoms with Gasteiger partial charge in [0.25, 0.3) is 5.91 Å². The molecule has 0 aliphatic carbocycles. The lowest BCUT2D eigenvalue weighted by Crippen LogP contribution is -2.35. The van der Waals surface area contributed by atoms with E-state index < -0.39 is 0 Å². The van der Waals surface area contributed by atoms with Crippen molar-refractivity contribution in [1.82, 2.24) is 14.7 Å². The Bertz CT molecular complexity index is 1100. The second kappa shape index (κ2) is 9.45. The number of halogens is 2. The smallest absolute Gasteiger partial charge is 0.257 e. The third-order valence-corrected chi connectivity index (χ3v) is 5.41. The number of nitrogens with zero attached hydrogens (tertiary/aromatic N) is 3. The van der Waals surface area contributed by atoms with Crippen molar-refractivity contribution in [2.75, 3.05) is 18.9 Å². The number of benzene rings is 2. The van der Waals surface area contributed by atoms with Crippen LogP contribution in [0.4, 0.5) is 5.69 Å². The maximum absolute atomic E-state index is 13.0. The Kier molecular flexibility index (Phi) is 6.95. The number of aromatic nitrogens is 2. The summed E-state index contributed by atoms with van der Waals surface area (Å²) in [5, 5.41) is 7.82. The maximum atomic E-state index is 13.0. The number of nitrogens with one attached hydrogen (secondary N) is 1. The van der Waals surface area contributed by atoms with Gasteiger partial charge in [-0.25, -0.2) is 4.68 Å². The van der Waals surface area contributed by atoms with Gasteiger partial charge in [-0.05, 0) is 55.3 Å². The largest absolute Gasteiger partial charge is 0.332 e. The predicted molar refractivity (Wildman–Crippen MR) is 122 cm³/mol. The van der Waals surface area contributed by atoms with Gasteiger partial charge < -0.3 is 10.2 Å². The number of carbonyl (C=O) groups is 2. The number of hydrogen-bond donors (Lipinski definition) is 1. The van der Waals surface area contributed by atoms with Crippen LogP contribution in [0.2, 0.25) is 5.02 Å². The van der Waals surface area contributed by atoms with Gasteiger partial charge in [-0.1, -0.05) is 40.5 Å². The fourth-order valence-electron chi connectivity index (χ4n) is 3.17. The number of hydrogen-bond acceptors (Lipinski definition) is 3. The third kappa shape index (κ3) is 4.91. The molecule has 0 aliphatic rings. The predicted octanol–water partition coefficient (Wildman–Crippen LogP) is 4.87. The Labute approximate surface area is 189 Å². The normalized spacial score (nSPS) is 10.7. The highest BCUT2D eigenvalue weighted by atomic mass is 79.9. The minimum Gasteiger partial charge on any atom is -0.332 e. The molecule has 0 saturated carbocycles. The molecule has 156 valence electrons. The second-order valence-corrected chi connectivity index (χ2v) is 8.27. The summed E-state index contributed by atoms with van der Waals surface area (Å²) in [5.41, 5.74) is 3.66. The van der Waals surface area contributed by atoms with Crippen LogP contribution in [0.5, 0.6) is 0 Å². The van der Waals surface area contributed by atoms with Crippen molar-refractivity contribution in [2.45, 2.75) is 20.3 Å². The first-order valence-corrected chi connectivity index (χ1v) is 10.6. The molecule has 6 nitrogen and oxygen atoms in total. The SMILES string of the molecule is CCc1c(C(=O)N(C)CC(=O)Nc2ccc(Br)cc2C)cnn1-c1cccc(Cl)c1. The van der Waals surface area contributed by atoms with Gasteiger partial charge in [-0.3, -0.25) is 9.59 Å². The van der Waals surface area contributed by atoms with Gasteiger partial charge in [0.05, 0.1) is 29.7 Å². The number of carbonyl (C=O) groups excluding carboxylic acids is 2. The molecule has 1 heterocycles. The third-order valence-electron chi connectivity index (χ3n) is 4.68. The van der Waals surface area contributed by atoms with E-state index in [4.69, 9.17) is 11.6 Å². The molecule has 1 N–H and O–H groups in total. The zero-order chi connectivity index (χ0) is 21.8. The molecular formula is C22H22BrClN4O2. The van der Waals surface area contributed by atoms with E-state index in [0.29, 0.717) is 22.7 Å². The van der Waals surface area contributed by atoms with Crippen LogP contribution in [-0.4, -0.2) is 40.1 Å². The summed E-state index contributed by atoms with van der Waals surface area (Å²) in [6.45, 7) is 3.80. The molecule has 0 spiro atoms. The van der Waals surface area contributed by atoms with E-state index in [0.717, 1.165) is 21.4 Å². The Morgan fingerprint density at radius 2 is 2.00 bits per heavy atom. The van der Waals surface area contributed by atoms with E-state index in [2.05, 4.69) is 26.3 Å². The summed E-state index contributed by atoms with van der Waals surface area (Å²) in [5.74, 6) is -0.528. The fraction of sp³-hybridized carbons (Fsp3) is 0.227. The van der Waals surface area contributed by atoms with Crippen LogP contribution in [0.15, 0.2) is 53.1 Å². The van der Waals surface area contributed by atoms with Crippen molar-refractivity contribution in [3.8, 4) is 5.69 Å². The zero-order valence-electron chi connectivity index (χ0n) is 16.9. The summed E-state index contributed by atoms with van der Waals surface area (Å²) in [7, 11) is 1.60. The molecule has 1 aromatic heterocycles. The summed E-state index contributed by atoms with van der Waals surface area (Å²) >= 11 is 9.49. The molecule has 0 aliphatic heterocycles. The average Bonchev–Trinajstić information content (AvgIpc) is 3.13. The molecule has 3 rings (SSSR count). The molecule has 0 radical (unpaired) electrons. The van der Waals surface area contributed by atoms with E-state index in [9.17, 15) is 9.59 Å². The number of rotatable bonds is 6. The molecule has 0 atom stereocenters. The van der Waals surface area contributed by atoms with Crippen molar-refractivity contribution in [1.29, 1.82) is 0 Å². The van der Waals surface area contributed by atoms with Gasteiger partial charge in [0, 0.05) is 22.2 Å². The Morgan fingerprint density at radius 1 is 1.23 bits per heavy atom. The van der Waals surface area contributed by atoms with Crippen LogP contribution in [0.3, 0.4) is 0 Å². The van der Waals surface area contributed by atoms with Gasteiger partial charge >= 0.3 is 0 Å². The van der Waals surface area contributed by atoms with Crippen LogP contribution in [0.1, 0.15) is 28.5 Å². The lowest BCUT2D eigenvalue weighted by molar-refractivity contribution is -0.116. The Morgan fingerprint density at radius 3 is 2.67 bits per heavy atom. The van der Waals surface area contributed by atoms with Crippen molar-refractivity contribution in [3.05, 3.63) is 75.0 Å². The van der Waals surface area contributed by atoms with Gasteiger partial charge in [-0.15, -0.1) is 0 Å². The molecule has 2 aromatic carbocycles. The molecule has 8 heteroatoms. The van der Waals surface area contributed by atoms with E-state index in [-0.39, 0.29) is 18.4 Å². The van der Waals surface area contributed by atoms with E-state index in [1.807, 2.05) is 44.2 Å². The fourth-order valence-corrected chi connectivity index (χ4v) is 3.83. The van der Waals surface area contributed by atoms with Crippen LogP contribution < -0.4 is 5.32 Å². The van der Waals surface area contributed by atoms with Crippen LogP contribution in [0, 0.1) is 6.92 Å². The maximum Gasteiger partial charge on any atom is 0.257 e. The van der Waals surface area contributed by atoms with Crippen molar-refractivity contribution >= 4 is 45.0 Å². The first-order valence-electron chi connectivity index (χ1n) is 9.44. The van der Waals surface area contributed by atoms with E-state index in [1.165, 1.54) is 11.1 Å². The van der Waals surface area contributed by atoms with Crippen LogP contribution in [0.25, 0.3) is 5.69 Å². The Hall–Kier alpha value is -2.64. The number of amides is 2. The van der Waals surface area contributed by atoms with Crippen molar-refractivity contribution in [2.24, 2.45) is 0 Å². The minimum absolute atomic E-state index is 0.0696. The summed E-state index contributed by atoms with van der Waals surface area (Å²) in [4.78, 5) is 26.8. The topological polar surface area (TPSA) is 67.2 Å². The monoisotopic (exact) mass is 488 g/mol. The zero-order valence-corrected chi connectivity index (χ0v) is 19.3. The number of aryl methyl sites for hydroxylation is 1. The summed E-state index contributed by atoms with van der Waals surface area (Å²) in [6, 6.07) is 12.9. The second-order valence-electron chi connectivity index (χ2n) is 6.92. The van der Waals surface area contributed by atoms with Gasteiger partial charge in [0.2, 0.25) is 5.91 Å².